The molecule has 6 rings (SSSR count). The number of rotatable bonds is 3. The minimum Gasteiger partial charge on any atom is -0.425 e. The van der Waals surface area contributed by atoms with Crippen LogP contribution in [0.1, 0.15) is 34.5 Å². The molecule has 1 aliphatic carbocycles. The van der Waals surface area contributed by atoms with E-state index in [2.05, 4.69) is 0 Å². The minimum absolute atomic E-state index is 0.189. The molecule has 0 saturated carbocycles. The van der Waals surface area contributed by atoms with Crippen molar-refractivity contribution in [3.05, 3.63) is 84.6 Å². The van der Waals surface area contributed by atoms with Crippen LogP contribution in [0.3, 0.4) is 0 Å². The van der Waals surface area contributed by atoms with Crippen molar-refractivity contribution < 1.29 is 4.74 Å². The molecule has 0 amide bonds. The van der Waals surface area contributed by atoms with Crippen molar-refractivity contribution in [1.29, 1.82) is 0 Å². The molecule has 0 N–H and O–H groups in total. The smallest absolute Gasteiger partial charge is 0.310 e. The molecule has 3 aromatic heterocycles. The number of alkyl halides is 2. The monoisotopic (exact) mass is 605 g/mol. The van der Waals surface area contributed by atoms with Gasteiger partial charge in [0.25, 0.3) is 5.56 Å². The van der Waals surface area contributed by atoms with E-state index in [1.54, 1.807) is 47.7 Å². The molecule has 5 nitrogen and oxygen atoms in total. The van der Waals surface area contributed by atoms with Crippen molar-refractivity contribution in [2.75, 3.05) is 5.34 Å². The van der Waals surface area contributed by atoms with Crippen molar-refractivity contribution in [3.63, 3.8) is 0 Å². The van der Waals surface area contributed by atoms with Crippen LogP contribution in [0.15, 0.2) is 47.3 Å². The number of aryl methyl sites for hydroxylation is 4. The highest BCUT2D eigenvalue weighted by Gasteiger charge is 2.24. The molecule has 0 spiro atoms. The predicted molar refractivity (Wildman–Crippen MR) is 160 cm³/mol. The zero-order valence-corrected chi connectivity index (χ0v) is 24.5. The summed E-state index contributed by atoms with van der Waals surface area (Å²) in [5.74, 6) is 0.551. The molecular formula is C28H23Cl4N3O2S. The van der Waals surface area contributed by atoms with E-state index in [1.165, 1.54) is 21.4 Å². The number of hydrogen-bond acceptors (Lipinski definition) is 5. The molecule has 0 unspecified atom stereocenters. The van der Waals surface area contributed by atoms with Gasteiger partial charge in [0.1, 0.15) is 10.6 Å². The first-order valence-corrected chi connectivity index (χ1v) is 14.7. The minimum atomic E-state index is -0.222. The Balaban J connectivity index is 0.000000937. The fourth-order valence-corrected chi connectivity index (χ4v) is 6.32. The molecule has 38 heavy (non-hydrogen) atoms. The molecule has 0 aliphatic heterocycles. The van der Waals surface area contributed by atoms with Crippen LogP contribution < -0.4 is 10.3 Å². The molecule has 0 bridgehead atoms. The molecule has 196 valence electrons. The van der Waals surface area contributed by atoms with Crippen LogP contribution in [0.25, 0.3) is 26.8 Å². The van der Waals surface area contributed by atoms with Gasteiger partial charge < -0.3 is 4.74 Å². The second-order valence-corrected chi connectivity index (χ2v) is 11.7. The third-order valence-corrected chi connectivity index (χ3v) is 8.36. The van der Waals surface area contributed by atoms with E-state index in [9.17, 15) is 4.79 Å². The topological polar surface area (TPSA) is 57.0 Å². The Morgan fingerprint density at radius 2 is 1.68 bits per heavy atom. The Bertz CT molecular complexity index is 1710. The summed E-state index contributed by atoms with van der Waals surface area (Å²) in [5.41, 5.74) is 3.86. The van der Waals surface area contributed by atoms with E-state index in [1.807, 2.05) is 19.9 Å². The zero-order chi connectivity index (χ0) is 27.0. The Kier molecular flexibility index (Phi) is 8.17. The maximum atomic E-state index is 14.1. The van der Waals surface area contributed by atoms with Gasteiger partial charge in [-0.25, -0.2) is 9.55 Å². The van der Waals surface area contributed by atoms with Crippen LogP contribution in [0, 0.1) is 13.8 Å². The van der Waals surface area contributed by atoms with Crippen molar-refractivity contribution in [3.8, 4) is 17.4 Å². The Hall–Kier alpha value is -2.35. The number of halogens is 4. The SMILES string of the molecule is Cc1cc(Oc2nc3c(c(C)nc4sc5c(c43)CCCC5)c(=O)n2-c2ccc(Cl)cc2)ccc1Cl.ClCCl. The van der Waals surface area contributed by atoms with Crippen LogP contribution in [-0.2, 0) is 12.8 Å². The van der Waals surface area contributed by atoms with Crippen LogP contribution in [0.4, 0.5) is 0 Å². The third kappa shape index (κ3) is 5.13. The highest BCUT2D eigenvalue weighted by molar-refractivity contribution is 7.19. The Labute approximate surface area is 243 Å². The lowest BCUT2D eigenvalue weighted by Gasteiger charge is -2.16. The Morgan fingerprint density at radius 3 is 2.39 bits per heavy atom. The van der Waals surface area contributed by atoms with Crippen molar-refractivity contribution in [1.82, 2.24) is 14.5 Å². The van der Waals surface area contributed by atoms with E-state index in [-0.39, 0.29) is 16.9 Å². The molecule has 0 saturated heterocycles. The lowest BCUT2D eigenvalue weighted by atomic mass is 9.96. The molecule has 5 aromatic rings. The number of hydrogen-bond donors (Lipinski definition) is 0. The summed E-state index contributed by atoms with van der Waals surface area (Å²) in [7, 11) is 0. The molecule has 1 aliphatic rings. The second kappa shape index (κ2) is 11.4. The average molecular weight is 607 g/mol. The molecule has 10 heteroatoms. The second-order valence-electron chi connectivity index (χ2n) is 8.94. The van der Waals surface area contributed by atoms with E-state index in [0.29, 0.717) is 38.1 Å². The van der Waals surface area contributed by atoms with Gasteiger partial charge in [-0.1, -0.05) is 23.2 Å². The summed E-state index contributed by atoms with van der Waals surface area (Å²) in [6, 6.07) is 12.6. The zero-order valence-electron chi connectivity index (χ0n) is 20.7. The number of aromatic nitrogens is 3. The number of pyridine rings is 1. The fraction of sp³-hybridized carbons (Fsp3) is 0.250. The number of thiophene rings is 1. The predicted octanol–water partition coefficient (Wildman–Crippen LogP) is 9.01. The van der Waals surface area contributed by atoms with Gasteiger partial charge in [-0.2, -0.15) is 4.98 Å². The van der Waals surface area contributed by atoms with E-state index in [4.69, 9.17) is 61.1 Å². The number of fused-ring (bicyclic) bond motifs is 5. The summed E-state index contributed by atoms with van der Waals surface area (Å²) >= 11 is 23.6. The van der Waals surface area contributed by atoms with Crippen LogP contribution in [0.5, 0.6) is 11.8 Å². The lowest BCUT2D eigenvalue weighted by Crippen LogP contribution is -2.22. The molecule has 3 heterocycles. The lowest BCUT2D eigenvalue weighted by molar-refractivity contribution is 0.427. The van der Waals surface area contributed by atoms with Gasteiger partial charge in [0.15, 0.2) is 0 Å². The quantitative estimate of drug-likeness (QED) is 0.192. The largest absolute Gasteiger partial charge is 0.425 e. The summed E-state index contributed by atoms with van der Waals surface area (Å²) in [6.07, 6.45) is 4.33. The van der Waals surface area contributed by atoms with Gasteiger partial charge >= 0.3 is 6.01 Å². The van der Waals surface area contributed by atoms with Gasteiger partial charge in [0, 0.05) is 20.3 Å². The maximum Gasteiger partial charge on any atom is 0.310 e. The van der Waals surface area contributed by atoms with Gasteiger partial charge in [-0.15, -0.1) is 34.5 Å². The van der Waals surface area contributed by atoms with Crippen LogP contribution in [0.2, 0.25) is 10.0 Å². The first-order chi connectivity index (χ1) is 18.3. The maximum absolute atomic E-state index is 14.1. The summed E-state index contributed by atoms with van der Waals surface area (Å²) in [5, 5.41) is 2.92. The normalized spacial score (nSPS) is 12.8. The van der Waals surface area contributed by atoms with Crippen LogP contribution >= 0.6 is 57.7 Å². The van der Waals surface area contributed by atoms with Gasteiger partial charge in [0.05, 0.1) is 27.6 Å². The first-order valence-electron chi connectivity index (χ1n) is 12.0. The van der Waals surface area contributed by atoms with Crippen molar-refractivity contribution in [2.45, 2.75) is 39.5 Å². The molecular weight excluding hydrogens is 584 g/mol. The number of ether oxygens (including phenoxy) is 1. The highest BCUT2D eigenvalue weighted by Crippen LogP contribution is 2.39. The fourth-order valence-electron chi connectivity index (χ4n) is 4.76. The van der Waals surface area contributed by atoms with Gasteiger partial charge in [-0.05, 0) is 93.1 Å². The summed E-state index contributed by atoms with van der Waals surface area (Å²) in [4.78, 5) is 26.2. The van der Waals surface area contributed by atoms with Crippen molar-refractivity contribution >= 4 is 78.9 Å². The number of nitrogens with zero attached hydrogens (tertiary/aromatic N) is 3. The van der Waals surface area contributed by atoms with E-state index < -0.39 is 0 Å². The Morgan fingerprint density at radius 1 is 0.974 bits per heavy atom. The van der Waals surface area contributed by atoms with E-state index in [0.717, 1.165) is 35.0 Å². The van der Waals surface area contributed by atoms with Crippen molar-refractivity contribution in [2.24, 2.45) is 0 Å². The van der Waals surface area contributed by atoms with E-state index >= 15 is 0 Å². The molecule has 0 radical (unpaired) electrons. The first kappa shape index (κ1) is 27.2. The molecule has 0 fully saturated rings. The molecule has 0 atom stereocenters. The average Bonchev–Trinajstić information content (AvgIpc) is 3.26. The summed E-state index contributed by atoms with van der Waals surface area (Å²) in [6.45, 7) is 3.78. The third-order valence-electron chi connectivity index (χ3n) is 6.50. The number of benzene rings is 2. The van der Waals surface area contributed by atoms with Gasteiger partial charge in [-0.3, -0.25) is 4.79 Å². The molecule has 2 aromatic carbocycles. The standard InChI is InChI=1S/C27H21Cl2N3O2S.CH2Cl2/c1-14-13-18(11-12-20(14)29)34-27-31-24-22(26(33)32(27)17-9-7-16(28)8-10-17)15(2)30-25-23(24)19-5-3-4-6-21(19)35-25;2-1-3/h7-13H,3-6H2,1-2H3;1H2. The highest BCUT2D eigenvalue weighted by atomic mass is 35.5. The van der Waals surface area contributed by atoms with Gasteiger partial charge in [0.2, 0.25) is 0 Å². The summed E-state index contributed by atoms with van der Waals surface area (Å²) < 4.78 is 7.76. The van der Waals surface area contributed by atoms with Crippen LogP contribution in [-0.4, -0.2) is 19.9 Å².